The maximum Gasteiger partial charge on any atom is 0.317 e. The zero-order chi connectivity index (χ0) is 18.0. The number of carbonyl (C=O) groups excluding carboxylic acids is 1. The molecular weight excluding hydrogens is 320 g/mol. The van der Waals surface area contributed by atoms with Crippen molar-refractivity contribution in [3.05, 3.63) is 29.8 Å². The Bertz CT molecular complexity index is 627. The highest BCUT2D eigenvalue weighted by atomic mass is 16.5. The van der Waals surface area contributed by atoms with Gasteiger partial charge in [-0.25, -0.2) is 4.79 Å². The molecule has 0 aromatic heterocycles. The van der Waals surface area contributed by atoms with Gasteiger partial charge in [-0.05, 0) is 48.8 Å². The number of piperidine rings is 1. The molecule has 6 heteroatoms. The summed E-state index contributed by atoms with van der Waals surface area (Å²) >= 11 is 0. The molecular formula is C19H26N2O4. The third-order valence-electron chi connectivity index (χ3n) is 5.14. The van der Waals surface area contributed by atoms with Crippen LogP contribution in [0.3, 0.4) is 0 Å². The normalized spacial score (nSPS) is 24.5. The molecule has 3 rings (SSSR count). The summed E-state index contributed by atoms with van der Waals surface area (Å²) in [4.78, 5) is 25.7. The first-order valence-corrected chi connectivity index (χ1v) is 8.90. The Balaban J connectivity index is 1.69. The Labute approximate surface area is 148 Å². The second kappa shape index (κ2) is 7.33. The van der Waals surface area contributed by atoms with E-state index in [2.05, 4.69) is 5.32 Å². The maximum absolute atomic E-state index is 12.7. The number of carboxylic acids is 1. The number of nitrogens with one attached hydrogen (secondary N) is 1. The summed E-state index contributed by atoms with van der Waals surface area (Å²) in [7, 11) is 1.63. The molecule has 2 aliphatic rings. The molecule has 1 aliphatic carbocycles. The van der Waals surface area contributed by atoms with Crippen LogP contribution in [0.4, 0.5) is 4.79 Å². The van der Waals surface area contributed by atoms with E-state index in [-0.39, 0.29) is 24.5 Å². The molecule has 3 atom stereocenters. The smallest absolute Gasteiger partial charge is 0.317 e. The van der Waals surface area contributed by atoms with E-state index in [9.17, 15) is 14.7 Å². The molecule has 0 radical (unpaired) electrons. The van der Waals surface area contributed by atoms with Crippen molar-refractivity contribution >= 4 is 12.0 Å². The van der Waals surface area contributed by atoms with Gasteiger partial charge in [0, 0.05) is 13.1 Å². The zero-order valence-corrected chi connectivity index (χ0v) is 14.8. The van der Waals surface area contributed by atoms with E-state index in [4.69, 9.17) is 4.74 Å². The van der Waals surface area contributed by atoms with Gasteiger partial charge in [0.1, 0.15) is 5.75 Å². The van der Waals surface area contributed by atoms with Crippen molar-refractivity contribution in [3.8, 4) is 5.75 Å². The molecule has 2 amide bonds. The Morgan fingerprint density at radius 3 is 2.48 bits per heavy atom. The van der Waals surface area contributed by atoms with Gasteiger partial charge in [-0.3, -0.25) is 4.79 Å². The van der Waals surface area contributed by atoms with Crippen molar-refractivity contribution in [2.75, 3.05) is 20.2 Å². The van der Waals surface area contributed by atoms with Crippen LogP contribution in [-0.2, 0) is 4.79 Å². The molecule has 25 heavy (non-hydrogen) atoms. The molecule has 1 aromatic rings. The zero-order valence-electron chi connectivity index (χ0n) is 14.8. The summed E-state index contributed by atoms with van der Waals surface area (Å²) in [5.74, 6) is 0.141. The second-order valence-electron chi connectivity index (χ2n) is 7.32. The number of nitrogens with zero attached hydrogens (tertiary/aromatic N) is 1. The lowest BCUT2D eigenvalue weighted by Gasteiger charge is -2.35. The molecule has 1 heterocycles. The van der Waals surface area contributed by atoms with Crippen molar-refractivity contribution < 1.29 is 19.4 Å². The third kappa shape index (κ3) is 4.24. The lowest BCUT2D eigenvalue weighted by Crippen LogP contribution is -2.50. The topological polar surface area (TPSA) is 78.9 Å². The average molecular weight is 346 g/mol. The molecule has 1 saturated carbocycles. The fourth-order valence-corrected chi connectivity index (χ4v) is 3.63. The second-order valence-corrected chi connectivity index (χ2v) is 7.32. The summed E-state index contributed by atoms with van der Waals surface area (Å²) in [5.41, 5.74) is 1.07. The van der Waals surface area contributed by atoms with Gasteiger partial charge in [0.2, 0.25) is 0 Å². The van der Waals surface area contributed by atoms with Crippen LogP contribution in [0.5, 0.6) is 5.75 Å². The lowest BCUT2D eigenvalue weighted by atomic mass is 9.90. The predicted molar refractivity (Wildman–Crippen MR) is 93.5 cm³/mol. The SMILES string of the molecule is COc1ccc(C(NC(=O)N2CC(C)CC(C(=O)O)C2)C2CC2)cc1. The first kappa shape index (κ1) is 17.6. The van der Waals surface area contributed by atoms with Crippen molar-refractivity contribution in [2.24, 2.45) is 17.8 Å². The highest BCUT2D eigenvalue weighted by molar-refractivity contribution is 5.77. The van der Waals surface area contributed by atoms with E-state index in [0.29, 0.717) is 18.9 Å². The quantitative estimate of drug-likeness (QED) is 0.859. The van der Waals surface area contributed by atoms with Gasteiger partial charge in [0.05, 0.1) is 19.1 Å². The van der Waals surface area contributed by atoms with Gasteiger partial charge in [0.15, 0.2) is 0 Å². The number of aliphatic carboxylic acids is 1. The summed E-state index contributed by atoms with van der Waals surface area (Å²) < 4.78 is 5.20. The van der Waals surface area contributed by atoms with Crippen LogP contribution in [-0.4, -0.2) is 42.2 Å². The van der Waals surface area contributed by atoms with Crippen molar-refractivity contribution in [2.45, 2.75) is 32.2 Å². The minimum Gasteiger partial charge on any atom is -0.497 e. The van der Waals surface area contributed by atoms with Crippen molar-refractivity contribution in [1.29, 1.82) is 0 Å². The van der Waals surface area contributed by atoms with Gasteiger partial charge >= 0.3 is 12.0 Å². The lowest BCUT2D eigenvalue weighted by molar-refractivity contribution is -0.143. The number of rotatable bonds is 5. The number of hydrogen-bond acceptors (Lipinski definition) is 3. The predicted octanol–water partition coefficient (Wildman–Crippen LogP) is 2.90. The Kier molecular flexibility index (Phi) is 5.16. The highest BCUT2D eigenvalue weighted by Crippen LogP contribution is 2.41. The fourth-order valence-electron chi connectivity index (χ4n) is 3.63. The van der Waals surface area contributed by atoms with Crippen LogP contribution in [0.15, 0.2) is 24.3 Å². The standard InChI is InChI=1S/C19H26N2O4/c1-12-9-15(18(22)23)11-21(10-12)19(24)20-17(13-3-4-13)14-5-7-16(25-2)8-6-14/h5-8,12-13,15,17H,3-4,9-11H2,1-2H3,(H,20,24)(H,22,23). The molecule has 2 N–H and O–H groups in total. The monoisotopic (exact) mass is 346 g/mol. The fraction of sp³-hybridized carbons (Fsp3) is 0.579. The number of methoxy groups -OCH3 is 1. The molecule has 1 aromatic carbocycles. The first-order chi connectivity index (χ1) is 12.0. The minimum absolute atomic E-state index is 0.0288. The Hall–Kier alpha value is -2.24. The summed E-state index contributed by atoms with van der Waals surface area (Å²) in [5, 5.41) is 12.4. The number of carboxylic acid groups (broad SMARTS) is 1. The number of carbonyl (C=O) groups is 2. The average Bonchev–Trinajstić information content (AvgIpc) is 3.44. The molecule has 3 unspecified atom stereocenters. The van der Waals surface area contributed by atoms with E-state index in [1.54, 1.807) is 12.0 Å². The number of hydrogen-bond donors (Lipinski definition) is 2. The Morgan fingerprint density at radius 2 is 1.92 bits per heavy atom. The number of amides is 2. The number of urea groups is 1. The highest BCUT2D eigenvalue weighted by Gasteiger charge is 2.36. The van der Waals surface area contributed by atoms with Crippen LogP contribution in [0.1, 0.15) is 37.8 Å². The van der Waals surface area contributed by atoms with Gasteiger partial charge in [-0.2, -0.15) is 0 Å². The maximum atomic E-state index is 12.7. The molecule has 2 fully saturated rings. The van der Waals surface area contributed by atoms with E-state index >= 15 is 0 Å². The van der Waals surface area contributed by atoms with Gasteiger partial charge in [-0.1, -0.05) is 19.1 Å². The summed E-state index contributed by atoms with van der Waals surface area (Å²) in [6.07, 6.45) is 2.83. The first-order valence-electron chi connectivity index (χ1n) is 8.90. The third-order valence-corrected chi connectivity index (χ3v) is 5.14. The van der Waals surface area contributed by atoms with Gasteiger partial charge in [-0.15, -0.1) is 0 Å². The van der Waals surface area contributed by atoms with E-state index in [1.807, 2.05) is 31.2 Å². The molecule has 1 aliphatic heterocycles. The minimum atomic E-state index is -0.821. The van der Waals surface area contributed by atoms with E-state index < -0.39 is 11.9 Å². The number of ether oxygens (including phenoxy) is 1. The van der Waals surface area contributed by atoms with Crippen molar-refractivity contribution in [1.82, 2.24) is 10.2 Å². The molecule has 0 bridgehead atoms. The van der Waals surface area contributed by atoms with E-state index in [0.717, 1.165) is 24.2 Å². The van der Waals surface area contributed by atoms with Crippen LogP contribution in [0.25, 0.3) is 0 Å². The van der Waals surface area contributed by atoms with Crippen LogP contribution < -0.4 is 10.1 Å². The molecule has 136 valence electrons. The van der Waals surface area contributed by atoms with E-state index in [1.165, 1.54) is 0 Å². The van der Waals surface area contributed by atoms with Crippen LogP contribution in [0.2, 0.25) is 0 Å². The summed E-state index contributed by atoms with van der Waals surface area (Å²) in [6.45, 7) is 2.89. The molecule has 0 spiro atoms. The summed E-state index contributed by atoms with van der Waals surface area (Å²) in [6, 6.07) is 7.59. The largest absolute Gasteiger partial charge is 0.497 e. The van der Waals surface area contributed by atoms with Crippen molar-refractivity contribution in [3.63, 3.8) is 0 Å². The Morgan fingerprint density at radius 1 is 1.24 bits per heavy atom. The molecule has 1 saturated heterocycles. The van der Waals surface area contributed by atoms with Crippen LogP contribution in [0, 0.1) is 17.8 Å². The number of likely N-dealkylation sites (tertiary alicyclic amines) is 1. The van der Waals surface area contributed by atoms with Gasteiger partial charge < -0.3 is 20.1 Å². The van der Waals surface area contributed by atoms with Gasteiger partial charge in [0.25, 0.3) is 0 Å². The van der Waals surface area contributed by atoms with Crippen LogP contribution >= 0.6 is 0 Å². The number of benzene rings is 1. The molecule has 6 nitrogen and oxygen atoms in total.